The van der Waals surface area contributed by atoms with Crippen LogP contribution in [-0.4, -0.2) is 75.0 Å². The summed E-state index contributed by atoms with van der Waals surface area (Å²) >= 11 is 0. The van der Waals surface area contributed by atoms with Crippen LogP contribution in [0.4, 0.5) is 61.5 Å². The topological polar surface area (TPSA) is 144 Å². The molecule has 0 saturated heterocycles. The van der Waals surface area contributed by atoms with Gasteiger partial charge in [0.1, 0.15) is 0 Å². The maximum atomic E-state index is 13.3. The number of hydrogen-bond donors (Lipinski definition) is 4. The van der Waals surface area contributed by atoms with Gasteiger partial charge < -0.3 is 30.7 Å². The number of hydrogen-bond acceptors (Lipinski definition) is 12. The summed E-state index contributed by atoms with van der Waals surface area (Å²) in [4.78, 5) is 23.3. The summed E-state index contributed by atoms with van der Waals surface area (Å²) in [5, 5.41) is 11.1. The summed E-state index contributed by atoms with van der Waals surface area (Å²) in [6.07, 6.45) is -8.86. The molecule has 2 aromatic carbocycles. The van der Waals surface area contributed by atoms with Crippen LogP contribution in [0.25, 0.3) is 0 Å². The van der Waals surface area contributed by atoms with Gasteiger partial charge in [-0.2, -0.15) is 51.9 Å². The molecule has 0 aliphatic heterocycles. The Labute approximate surface area is 254 Å². The lowest BCUT2D eigenvalue weighted by atomic mass is 10.2. The van der Waals surface area contributed by atoms with Crippen molar-refractivity contribution in [3.63, 3.8) is 0 Å². The van der Waals surface area contributed by atoms with E-state index in [1.165, 1.54) is 0 Å². The molecule has 4 N–H and O–H groups in total. The lowest BCUT2D eigenvalue weighted by Crippen LogP contribution is -2.34. The fourth-order valence-electron chi connectivity index (χ4n) is 2.97. The van der Waals surface area contributed by atoms with E-state index in [2.05, 4.69) is 51.2 Å². The fourth-order valence-corrected chi connectivity index (χ4v) is 2.97. The first-order valence-corrected chi connectivity index (χ1v) is 13.2. The zero-order valence-corrected chi connectivity index (χ0v) is 24.4. The van der Waals surface area contributed by atoms with E-state index < -0.39 is 37.0 Å². The third kappa shape index (κ3) is 11.1. The Balaban J connectivity index is 0.000000246. The van der Waals surface area contributed by atoms with E-state index in [4.69, 9.17) is 9.47 Å². The molecule has 0 spiro atoms. The van der Waals surface area contributed by atoms with Gasteiger partial charge in [0, 0.05) is 25.5 Å². The van der Waals surface area contributed by atoms with Crippen LogP contribution in [0.5, 0.6) is 12.0 Å². The Morgan fingerprint density at radius 3 is 1.49 bits per heavy atom. The maximum absolute atomic E-state index is 13.3. The number of aromatic nitrogens is 6. The van der Waals surface area contributed by atoms with Crippen LogP contribution in [0.15, 0.2) is 60.7 Å². The molecular formula is C27H30F6N10O2. The highest BCUT2D eigenvalue weighted by molar-refractivity contribution is 5.54. The first-order valence-electron chi connectivity index (χ1n) is 13.2. The summed E-state index contributed by atoms with van der Waals surface area (Å²) < 4.78 is 86.5. The molecule has 0 aliphatic carbocycles. The van der Waals surface area contributed by atoms with Crippen molar-refractivity contribution in [3.05, 3.63) is 60.7 Å². The minimum absolute atomic E-state index is 0.0786. The normalized spacial score (nSPS) is 12.6. The van der Waals surface area contributed by atoms with Crippen LogP contribution >= 0.6 is 0 Å². The Bertz CT molecular complexity index is 1480. The van der Waals surface area contributed by atoms with Gasteiger partial charge in [-0.1, -0.05) is 36.4 Å². The van der Waals surface area contributed by atoms with Crippen LogP contribution in [-0.2, 0) is 0 Å². The molecule has 4 rings (SSSR count). The largest absolute Gasteiger partial charge is 0.457 e. The van der Waals surface area contributed by atoms with Gasteiger partial charge in [-0.05, 0) is 38.1 Å². The molecule has 12 nitrogen and oxygen atoms in total. The van der Waals surface area contributed by atoms with E-state index in [9.17, 15) is 26.3 Å². The van der Waals surface area contributed by atoms with Crippen molar-refractivity contribution in [2.24, 2.45) is 0 Å². The van der Waals surface area contributed by atoms with Gasteiger partial charge in [0.25, 0.3) is 0 Å². The van der Waals surface area contributed by atoms with Gasteiger partial charge >= 0.3 is 24.1 Å². The molecule has 242 valence electrons. The average molecular weight is 641 g/mol. The standard InChI is InChI=1S/C14H16F3N5O.C13H14F3N5O/c1-9(15)14(16,17)8-23-13-21-11(18-2)20-12(22-13)19-10-6-4-3-5-7-10;1-8(13(14,15)16)22-12-20-10(17-2)19-11(21-12)18-9-6-4-3-5-7-9/h3-7,9H,8H2,1-2H3,(H2,18,19,20,21,22);3-8H,1-2H3,(H2,17,18,19,20,21). The molecule has 0 radical (unpaired) electrons. The summed E-state index contributed by atoms with van der Waals surface area (Å²) in [6, 6.07) is 17.2. The molecule has 45 heavy (non-hydrogen) atoms. The first kappa shape index (κ1) is 34.3. The zero-order valence-electron chi connectivity index (χ0n) is 24.4. The number of nitrogens with one attached hydrogen (secondary N) is 4. The Hall–Kier alpha value is -5.16. The van der Waals surface area contributed by atoms with Crippen LogP contribution in [0, 0.1) is 0 Å². The minimum atomic E-state index is -4.50. The predicted molar refractivity (Wildman–Crippen MR) is 155 cm³/mol. The Morgan fingerprint density at radius 2 is 1.07 bits per heavy atom. The highest BCUT2D eigenvalue weighted by Crippen LogP contribution is 2.25. The summed E-state index contributed by atoms with van der Waals surface area (Å²) in [6.45, 7) is 0.480. The molecule has 2 heterocycles. The molecule has 0 amide bonds. The van der Waals surface area contributed by atoms with E-state index in [0.717, 1.165) is 13.8 Å². The molecular weight excluding hydrogens is 610 g/mol. The van der Waals surface area contributed by atoms with Crippen molar-refractivity contribution in [1.82, 2.24) is 29.9 Å². The molecule has 4 aromatic rings. The van der Waals surface area contributed by atoms with Crippen molar-refractivity contribution >= 4 is 35.2 Å². The summed E-state index contributed by atoms with van der Waals surface area (Å²) in [5.41, 5.74) is 1.39. The second-order valence-corrected chi connectivity index (χ2v) is 8.98. The highest BCUT2D eigenvalue weighted by Gasteiger charge is 2.39. The number of para-hydroxylation sites is 2. The maximum Gasteiger partial charge on any atom is 0.425 e. The molecule has 2 atom stereocenters. The monoisotopic (exact) mass is 640 g/mol. The smallest absolute Gasteiger partial charge is 0.425 e. The number of benzene rings is 2. The molecule has 2 aromatic heterocycles. The quantitative estimate of drug-likeness (QED) is 0.135. The molecule has 0 saturated carbocycles. The summed E-state index contributed by atoms with van der Waals surface area (Å²) in [7, 11) is 3.10. The van der Waals surface area contributed by atoms with Crippen LogP contribution in [0.3, 0.4) is 0 Å². The Kier molecular flexibility index (Phi) is 11.8. The second-order valence-electron chi connectivity index (χ2n) is 8.98. The van der Waals surface area contributed by atoms with Gasteiger partial charge in [-0.25, -0.2) is 4.39 Å². The lowest BCUT2D eigenvalue weighted by molar-refractivity contribution is -0.190. The van der Waals surface area contributed by atoms with E-state index in [0.29, 0.717) is 11.4 Å². The van der Waals surface area contributed by atoms with E-state index in [1.54, 1.807) is 50.5 Å². The van der Waals surface area contributed by atoms with Crippen LogP contribution < -0.4 is 30.7 Å². The van der Waals surface area contributed by atoms with E-state index >= 15 is 0 Å². The zero-order chi connectivity index (χ0) is 33.0. The van der Waals surface area contributed by atoms with Gasteiger partial charge in [-0.3, -0.25) is 0 Å². The number of rotatable bonds is 12. The van der Waals surface area contributed by atoms with Crippen molar-refractivity contribution in [2.45, 2.75) is 38.2 Å². The van der Waals surface area contributed by atoms with Crippen LogP contribution in [0.2, 0.25) is 0 Å². The van der Waals surface area contributed by atoms with Crippen molar-refractivity contribution in [2.75, 3.05) is 42.0 Å². The van der Waals surface area contributed by atoms with Gasteiger partial charge in [-0.15, -0.1) is 0 Å². The number of halogens is 6. The van der Waals surface area contributed by atoms with Gasteiger partial charge in [0.15, 0.2) is 18.9 Å². The van der Waals surface area contributed by atoms with E-state index in [-0.39, 0.29) is 29.8 Å². The highest BCUT2D eigenvalue weighted by atomic mass is 19.4. The number of ether oxygens (including phenoxy) is 2. The van der Waals surface area contributed by atoms with Gasteiger partial charge in [0.05, 0.1) is 0 Å². The van der Waals surface area contributed by atoms with Gasteiger partial charge in [0.2, 0.25) is 23.8 Å². The molecule has 0 aliphatic rings. The van der Waals surface area contributed by atoms with Crippen molar-refractivity contribution < 1.29 is 35.8 Å². The molecule has 0 fully saturated rings. The number of alkyl halides is 6. The fraction of sp³-hybridized carbons (Fsp3) is 0.333. The minimum Gasteiger partial charge on any atom is -0.457 e. The number of anilines is 6. The molecule has 0 bridgehead atoms. The average Bonchev–Trinajstić information content (AvgIpc) is 3.00. The molecule has 18 heteroatoms. The van der Waals surface area contributed by atoms with Crippen LogP contribution in [0.1, 0.15) is 13.8 Å². The lowest BCUT2D eigenvalue weighted by Gasteiger charge is -2.17. The van der Waals surface area contributed by atoms with Crippen molar-refractivity contribution in [3.8, 4) is 12.0 Å². The SMILES string of the molecule is CNc1nc(Nc2ccccc2)nc(OC(C)C(F)(F)F)n1.CNc1nc(Nc2ccccc2)nc(OCC(F)(F)C(C)F)n1. The third-order valence-corrected chi connectivity index (χ3v) is 5.46. The van der Waals surface area contributed by atoms with E-state index in [1.807, 2.05) is 24.3 Å². The predicted octanol–water partition coefficient (Wildman–Crippen LogP) is 6.02. The Morgan fingerprint density at radius 1 is 0.644 bits per heavy atom. The van der Waals surface area contributed by atoms with Crippen molar-refractivity contribution in [1.29, 1.82) is 0 Å². The second kappa shape index (κ2) is 15.5. The third-order valence-electron chi connectivity index (χ3n) is 5.46. The number of nitrogens with zero attached hydrogens (tertiary/aromatic N) is 6. The first-order chi connectivity index (χ1) is 21.3. The summed E-state index contributed by atoms with van der Waals surface area (Å²) in [5.74, 6) is -3.21. The molecule has 2 unspecified atom stereocenters.